The van der Waals surface area contributed by atoms with Gasteiger partial charge in [0, 0.05) is 31.9 Å². The van der Waals surface area contributed by atoms with Crippen molar-refractivity contribution in [3.05, 3.63) is 24.3 Å². The number of aromatic nitrogens is 4. The van der Waals surface area contributed by atoms with Crippen LogP contribution < -0.4 is 10.2 Å². The molecule has 0 amide bonds. The largest absolute Gasteiger partial charge is 0.337 e. The first-order valence-corrected chi connectivity index (χ1v) is 6.24. The third-order valence-corrected chi connectivity index (χ3v) is 3.15. The summed E-state index contributed by atoms with van der Waals surface area (Å²) < 4.78 is 13.6. The first-order chi connectivity index (χ1) is 9.24. The number of H-pyrrole nitrogens is 1. The van der Waals surface area contributed by atoms with Gasteiger partial charge in [0.15, 0.2) is 11.6 Å². The van der Waals surface area contributed by atoms with E-state index in [9.17, 15) is 4.39 Å². The summed E-state index contributed by atoms with van der Waals surface area (Å²) in [7, 11) is 0. The van der Waals surface area contributed by atoms with Crippen molar-refractivity contribution in [2.24, 2.45) is 0 Å². The summed E-state index contributed by atoms with van der Waals surface area (Å²) in [6.07, 6.45) is 2.71. The molecule has 0 bridgehead atoms. The summed E-state index contributed by atoms with van der Waals surface area (Å²) >= 11 is 0. The van der Waals surface area contributed by atoms with E-state index in [0.29, 0.717) is 23.4 Å². The lowest BCUT2D eigenvalue weighted by molar-refractivity contribution is 0.480. The molecule has 0 saturated carbocycles. The number of aromatic amines is 1. The molecule has 0 spiro atoms. The summed E-state index contributed by atoms with van der Waals surface area (Å²) in [5.74, 6) is 0.638. The van der Waals surface area contributed by atoms with Gasteiger partial charge in [-0.05, 0) is 13.0 Å². The van der Waals surface area contributed by atoms with Gasteiger partial charge in [0.25, 0.3) is 0 Å². The Morgan fingerprint density at radius 3 is 3.16 bits per heavy atom. The maximum Gasteiger partial charge on any atom is 0.245 e. The number of nitrogens with one attached hydrogen (secondary N) is 2. The van der Waals surface area contributed by atoms with Gasteiger partial charge in [-0.25, -0.2) is 4.39 Å². The van der Waals surface area contributed by atoms with Crippen molar-refractivity contribution in [2.75, 3.05) is 24.5 Å². The van der Waals surface area contributed by atoms with Crippen LogP contribution in [-0.2, 0) is 0 Å². The van der Waals surface area contributed by atoms with Gasteiger partial charge < -0.3 is 10.2 Å². The summed E-state index contributed by atoms with van der Waals surface area (Å²) in [6.45, 7) is 4.70. The normalized spacial score (nSPS) is 19.7. The quantitative estimate of drug-likeness (QED) is 0.838. The van der Waals surface area contributed by atoms with Crippen LogP contribution >= 0.6 is 0 Å². The van der Waals surface area contributed by atoms with E-state index in [-0.39, 0.29) is 0 Å². The molecule has 0 radical (unpaired) electrons. The third kappa shape index (κ3) is 2.41. The summed E-state index contributed by atoms with van der Waals surface area (Å²) in [5.41, 5.74) is 0.386. The number of nitrogens with zero attached hydrogens (tertiary/aromatic N) is 4. The maximum absolute atomic E-state index is 13.6. The Morgan fingerprint density at radius 1 is 1.47 bits per heavy atom. The van der Waals surface area contributed by atoms with Crippen molar-refractivity contribution in [3.63, 3.8) is 0 Å². The van der Waals surface area contributed by atoms with Gasteiger partial charge in [0.2, 0.25) is 5.95 Å². The molecule has 3 rings (SSSR count). The van der Waals surface area contributed by atoms with Crippen LogP contribution in [0.2, 0.25) is 0 Å². The van der Waals surface area contributed by atoms with Gasteiger partial charge in [-0.1, -0.05) is 0 Å². The minimum Gasteiger partial charge on any atom is -0.337 e. The molecule has 2 N–H and O–H groups in total. The molecule has 19 heavy (non-hydrogen) atoms. The fraction of sp³-hybridized carbons (Fsp3) is 0.417. The average Bonchev–Trinajstić information content (AvgIpc) is 2.89. The second kappa shape index (κ2) is 4.93. The molecule has 1 aliphatic rings. The zero-order chi connectivity index (χ0) is 13.2. The van der Waals surface area contributed by atoms with Crippen LogP contribution in [0.3, 0.4) is 0 Å². The standard InChI is InChI=1S/C12H15FN6/c1-8-7-19(5-4-15-8)12-16-11(17-18-12)9-2-3-14-6-10(9)13/h2-3,6,8,15H,4-5,7H2,1H3,(H,16,17,18)/t8-/m0/s1. The van der Waals surface area contributed by atoms with Gasteiger partial charge >= 0.3 is 0 Å². The van der Waals surface area contributed by atoms with Gasteiger partial charge in [-0.15, -0.1) is 5.10 Å². The minimum absolute atomic E-state index is 0.386. The molecular weight excluding hydrogens is 247 g/mol. The molecule has 1 fully saturated rings. The molecule has 1 saturated heterocycles. The lowest BCUT2D eigenvalue weighted by atomic mass is 10.2. The Morgan fingerprint density at radius 2 is 2.37 bits per heavy atom. The smallest absolute Gasteiger partial charge is 0.245 e. The van der Waals surface area contributed by atoms with Crippen molar-refractivity contribution in [1.29, 1.82) is 0 Å². The topological polar surface area (TPSA) is 69.7 Å². The van der Waals surface area contributed by atoms with Crippen LogP contribution in [0.4, 0.5) is 10.3 Å². The van der Waals surface area contributed by atoms with Crippen LogP contribution in [0.15, 0.2) is 18.5 Å². The Hall–Kier alpha value is -2.02. The van der Waals surface area contributed by atoms with Crippen molar-refractivity contribution in [2.45, 2.75) is 13.0 Å². The highest BCUT2D eigenvalue weighted by molar-refractivity contribution is 5.56. The highest BCUT2D eigenvalue weighted by atomic mass is 19.1. The number of piperazine rings is 1. The molecule has 3 heterocycles. The number of halogens is 1. The molecule has 2 aromatic rings. The van der Waals surface area contributed by atoms with Crippen molar-refractivity contribution in [3.8, 4) is 11.4 Å². The number of hydrogen-bond acceptors (Lipinski definition) is 5. The summed E-state index contributed by atoms with van der Waals surface area (Å²) in [4.78, 5) is 10.2. The second-order valence-electron chi connectivity index (χ2n) is 4.64. The fourth-order valence-corrected chi connectivity index (χ4v) is 2.20. The van der Waals surface area contributed by atoms with Crippen LogP contribution in [0, 0.1) is 5.82 Å². The first kappa shape index (κ1) is 12.0. The fourth-order valence-electron chi connectivity index (χ4n) is 2.20. The van der Waals surface area contributed by atoms with Gasteiger partial charge in [0.1, 0.15) is 0 Å². The van der Waals surface area contributed by atoms with Crippen LogP contribution in [0.1, 0.15) is 6.92 Å². The second-order valence-corrected chi connectivity index (χ2v) is 4.64. The molecule has 0 unspecified atom stereocenters. The van der Waals surface area contributed by atoms with E-state index in [1.165, 1.54) is 12.4 Å². The van der Waals surface area contributed by atoms with Crippen LogP contribution in [0.25, 0.3) is 11.4 Å². The number of anilines is 1. The Labute approximate surface area is 110 Å². The zero-order valence-corrected chi connectivity index (χ0v) is 10.6. The molecule has 100 valence electrons. The number of hydrogen-bond donors (Lipinski definition) is 2. The van der Waals surface area contributed by atoms with Crippen LogP contribution in [0.5, 0.6) is 0 Å². The third-order valence-electron chi connectivity index (χ3n) is 3.15. The number of rotatable bonds is 2. The molecule has 1 atom stereocenters. The van der Waals surface area contributed by atoms with E-state index in [4.69, 9.17) is 0 Å². The Balaban J connectivity index is 1.85. The molecule has 1 aliphatic heterocycles. The SMILES string of the molecule is C[C@H]1CN(c2n[nH]c(-c3ccncc3F)n2)CCN1. The van der Waals surface area contributed by atoms with E-state index in [1.807, 2.05) is 0 Å². The van der Waals surface area contributed by atoms with Crippen molar-refractivity contribution >= 4 is 5.95 Å². The minimum atomic E-state index is -0.404. The Bertz CT molecular complexity index is 569. The molecule has 0 aromatic carbocycles. The van der Waals surface area contributed by atoms with Gasteiger partial charge in [0.05, 0.1) is 11.8 Å². The summed E-state index contributed by atoms with van der Waals surface area (Å²) in [6, 6.07) is 1.98. The van der Waals surface area contributed by atoms with E-state index >= 15 is 0 Å². The highest BCUT2D eigenvalue weighted by Crippen LogP contribution is 2.20. The lowest BCUT2D eigenvalue weighted by Gasteiger charge is -2.30. The first-order valence-electron chi connectivity index (χ1n) is 6.24. The monoisotopic (exact) mass is 262 g/mol. The predicted octanol–water partition coefficient (Wildman–Crippen LogP) is 0.804. The molecule has 2 aromatic heterocycles. The van der Waals surface area contributed by atoms with Crippen molar-refractivity contribution < 1.29 is 4.39 Å². The Kier molecular flexibility index (Phi) is 3.12. The molecular formula is C12H15FN6. The molecule has 6 nitrogen and oxygen atoms in total. The number of pyridine rings is 1. The maximum atomic E-state index is 13.6. The van der Waals surface area contributed by atoms with E-state index in [1.54, 1.807) is 6.07 Å². The zero-order valence-electron chi connectivity index (χ0n) is 10.6. The van der Waals surface area contributed by atoms with Crippen molar-refractivity contribution in [1.82, 2.24) is 25.5 Å². The van der Waals surface area contributed by atoms with Gasteiger partial charge in [-0.2, -0.15) is 4.98 Å². The van der Waals surface area contributed by atoms with Crippen LogP contribution in [-0.4, -0.2) is 45.8 Å². The van der Waals surface area contributed by atoms with E-state index in [2.05, 4.69) is 37.3 Å². The van der Waals surface area contributed by atoms with E-state index in [0.717, 1.165) is 19.6 Å². The molecule has 0 aliphatic carbocycles. The highest BCUT2D eigenvalue weighted by Gasteiger charge is 2.20. The lowest BCUT2D eigenvalue weighted by Crippen LogP contribution is -2.49. The summed E-state index contributed by atoms with van der Waals surface area (Å²) in [5, 5.41) is 10.3. The average molecular weight is 262 g/mol. The molecule has 7 heteroatoms. The predicted molar refractivity (Wildman–Crippen MR) is 69.2 cm³/mol. The van der Waals surface area contributed by atoms with Gasteiger partial charge in [-0.3, -0.25) is 10.1 Å². The van der Waals surface area contributed by atoms with E-state index < -0.39 is 5.82 Å².